The van der Waals surface area contributed by atoms with Crippen LogP contribution in [0.1, 0.15) is 0 Å². The molecule has 6 nitrogen and oxygen atoms in total. The maximum absolute atomic E-state index is 3.83. The summed E-state index contributed by atoms with van der Waals surface area (Å²) in [6, 6.07) is 20.8. The van der Waals surface area contributed by atoms with Crippen molar-refractivity contribution in [3.63, 3.8) is 0 Å². The first-order valence-electron chi connectivity index (χ1n) is 6.76. The van der Waals surface area contributed by atoms with Crippen LogP contribution in [0.15, 0.2) is 79.4 Å². The van der Waals surface area contributed by atoms with Gasteiger partial charge in [-0.1, -0.05) is 65.8 Å². The van der Waals surface area contributed by atoms with E-state index >= 15 is 0 Å². The Kier molecular flexibility index (Phi) is 4.32. The zero-order valence-electron chi connectivity index (χ0n) is 11.7. The highest BCUT2D eigenvalue weighted by molar-refractivity contribution is 5.62. The smallest absolute Gasteiger partial charge is 0.252 e. The topological polar surface area (TPSA) is 72.3 Å². The van der Waals surface area contributed by atoms with Gasteiger partial charge in [0.2, 0.25) is 0 Å². The van der Waals surface area contributed by atoms with E-state index in [1.165, 1.54) is 11.1 Å². The van der Waals surface area contributed by atoms with Crippen molar-refractivity contribution in [2.45, 2.75) is 0 Å². The Labute approximate surface area is 127 Å². The lowest BCUT2D eigenvalue weighted by atomic mass is 10.1. The van der Waals surface area contributed by atoms with Crippen LogP contribution in [-0.2, 0) is 0 Å². The zero-order chi connectivity index (χ0) is 15.0. The molecule has 2 heterocycles. The molecule has 0 unspecified atom stereocenters. The van der Waals surface area contributed by atoms with Crippen molar-refractivity contribution in [3.8, 4) is 17.1 Å². The Hall–Kier alpha value is -3.28. The van der Waals surface area contributed by atoms with Gasteiger partial charge in [-0.25, -0.2) is 10.1 Å². The van der Waals surface area contributed by atoms with Gasteiger partial charge in [-0.15, -0.1) is 0 Å². The molecule has 0 radical (unpaired) electrons. The van der Waals surface area contributed by atoms with Crippen molar-refractivity contribution < 1.29 is 0 Å². The summed E-state index contributed by atoms with van der Waals surface area (Å²) < 4.78 is 1.68. The number of rotatable bonds is 2. The molecule has 6 heteroatoms. The summed E-state index contributed by atoms with van der Waals surface area (Å²) >= 11 is 0. The molecule has 1 N–H and O–H groups in total. The molecule has 0 aliphatic rings. The summed E-state index contributed by atoms with van der Waals surface area (Å²) in [6.07, 6.45) is 5.02. The number of hydrogen-bond donors (Lipinski definition) is 1. The molecule has 0 fully saturated rings. The third-order valence-corrected chi connectivity index (χ3v) is 2.96. The largest absolute Gasteiger partial charge is 0.273 e. The van der Waals surface area contributed by atoms with Crippen LogP contribution in [0.25, 0.3) is 17.1 Å². The minimum Gasteiger partial charge on any atom is -0.273 e. The van der Waals surface area contributed by atoms with Gasteiger partial charge < -0.3 is 0 Å². The van der Waals surface area contributed by atoms with E-state index in [1.807, 2.05) is 12.1 Å². The number of nitrogens with zero attached hydrogens (tertiary/aromatic N) is 5. The van der Waals surface area contributed by atoms with Crippen molar-refractivity contribution in [1.82, 2.24) is 30.2 Å². The van der Waals surface area contributed by atoms with Gasteiger partial charge >= 0.3 is 0 Å². The van der Waals surface area contributed by atoms with Crippen molar-refractivity contribution in [1.29, 1.82) is 0 Å². The van der Waals surface area contributed by atoms with Crippen LogP contribution in [0.5, 0.6) is 0 Å². The lowest BCUT2D eigenvalue weighted by Gasteiger charge is -1.98. The van der Waals surface area contributed by atoms with Crippen molar-refractivity contribution in [2.24, 2.45) is 0 Å². The van der Waals surface area contributed by atoms with Crippen LogP contribution in [0, 0.1) is 0 Å². The first kappa shape index (κ1) is 13.7. The monoisotopic (exact) mass is 290 g/mol. The number of nitrogens with one attached hydrogen (secondary N) is 1. The second-order valence-electron chi connectivity index (χ2n) is 4.43. The van der Waals surface area contributed by atoms with E-state index in [9.17, 15) is 0 Å². The SMILES string of the molecule is c1ccc(-c2ccccc2)cc1.c1cn(-c2nnn[nH]2)cn1. The van der Waals surface area contributed by atoms with Crippen LogP contribution in [0.4, 0.5) is 0 Å². The minimum atomic E-state index is 0.567. The summed E-state index contributed by atoms with van der Waals surface area (Å²) in [6.45, 7) is 0. The van der Waals surface area contributed by atoms with E-state index in [0.29, 0.717) is 5.95 Å². The Bertz CT molecular complexity index is 694. The van der Waals surface area contributed by atoms with Gasteiger partial charge in [0, 0.05) is 12.4 Å². The van der Waals surface area contributed by atoms with E-state index in [2.05, 4.69) is 74.1 Å². The van der Waals surface area contributed by atoms with Gasteiger partial charge in [-0.05, 0) is 21.6 Å². The Morgan fingerprint density at radius 3 is 1.91 bits per heavy atom. The molecule has 2 aromatic carbocycles. The van der Waals surface area contributed by atoms with Crippen LogP contribution in [0.3, 0.4) is 0 Å². The summed E-state index contributed by atoms with van der Waals surface area (Å²) in [4.78, 5) is 3.83. The lowest BCUT2D eigenvalue weighted by Crippen LogP contribution is -1.91. The first-order valence-corrected chi connectivity index (χ1v) is 6.76. The Balaban J connectivity index is 0.000000133. The summed E-state index contributed by atoms with van der Waals surface area (Å²) in [5.74, 6) is 0.567. The van der Waals surface area contributed by atoms with Gasteiger partial charge in [-0.3, -0.25) is 4.57 Å². The fourth-order valence-electron chi connectivity index (χ4n) is 1.91. The van der Waals surface area contributed by atoms with Crippen LogP contribution in [-0.4, -0.2) is 30.2 Å². The second kappa shape index (κ2) is 6.94. The maximum atomic E-state index is 3.83. The van der Waals surface area contributed by atoms with Crippen LogP contribution in [0.2, 0.25) is 0 Å². The van der Waals surface area contributed by atoms with Gasteiger partial charge in [0.1, 0.15) is 6.33 Å². The predicted octanol–water partition coefficient (Wildman–Crippen LogP) is 2.74. The molecule has 0 spiro atoms. The van der Waals surface area contributed by atoms with Crippen LogP contribution < -0.4 is 0 Å². The molecule has 0 bridgehead atoms. The number of H-pyrrole nitrogens is 1. The zero-order valence-corrected chi connectivity index (χ0v) is 11.7. The van der Waals surface area contributed by atoms with Crippen molar-refractivity contribution in [2.75, 3.05) is 0 Å². The molecular formula is C16H14N6. The Morgan fingerprint density at radius 1 is 0.818 bits per heavy atom. The first-order chi connectivity index (χ1) is 10.9. The molecule has 0 amide bonds. The maximum Gasteiger partial charge on any atom is 0.252 e. The molecule has 0 aliphatic carbocycles. The summed E-state index contributed by atoms with van der Waals surface area (Å²) in [5.41, 5.74) is 2.55. The van der Waals surface area contributed by atoms with Crippen molar-refractivity contribution >= 4 is 0 Å². The lowest BCUT2D eigenvalue weighted by molar-refractivity contribution is 0.881. The van der Waals surface area contributed by atoms with E-state index in [-0.39, 0.29) is 0 Å². The minimum absolute atomic E-state index is 0.567. The molecular weight excluding hydrogens is 276 g/mol. The molecule has 22 heavy (non-hydrogen) atoms. The third kappa shape index (κ3) is 3.43. The molecule has 0 saturated heterocycles. The van der Waals surface area contributed by atoms with Gasteiger partial charge in [0.25, 0.3) is 5.95 Å². The fourth-order valence-corrected chi connectivity index (χ4v) is 1.91. The highest BCUT2D eigenvalue weighted by atomic mass is 15.5. The molecule has 0 atom stereocenters. The molecule has 0 aliphatic heterocycles. The number of imidazole rings is 1. The Morgan fingerprint density at radius 2 is 1.45 bits per heavy atom. The molecule has 108 valence electrons. The number of tetrazole rings is 1. The number of aromatic nitrogens is 6. The molecule has 2 aromatic heterocycles. The second-order valence-corrected chi connectivity index (χ2v) is 4.43. The number of hydrogen-bond acceptors (Lipinski definition) is 4. The highest BCUT2D eigenvalue weighted by Crippen LogP contribution is 2.17. The van der Waals surface area contributed by atoms with E-state index in [4.69, 9.17) is 0 Å². The fraction of sp³-hybridized carbons (Fsp3) is 0. The predicted molar refractivity (Wildman–Crippen MR) is 83.2 cm³/mol. The van der Waals surface area contributed by atoms with E-state index in [1.54, 1.807) is 23.3 Å². The normalized spacial score (nSPS) is 9.82. The highest BCUT2D eigenvalue weighted by Gasteiger charge is 1.95. The van der Waals surface area contributed by atoms with E-state index < -0.39 is 0 Å². The standard InChI is InChI=1S/C12H10.C4H4N6/c1-3-7-11(8-4-1)12-9-5-2-6-10-12;1-2-10(3-5-1)4-6-8-9-7-4/h1-10H;1-3H,(H,6,7,8,9). The average molecular weight is 290 g/mol. The van der Waals surface area contributed by atoms with Gasteiger partial charge in [0.15, 0.2) is 0 Å². The molecule has 0 saturated carbocycles. The number of aromatic amines is 1. The molecule has 4 rings (SSSR count). The summed E-state index contributed by atoms with van der Waals surface area (Å²) in [7, 11) is 0. The van der Waals surface area contributed by atoms with Crippen LogP contribution >= 0.6 is 0 Å². The van der Waals surface area contributed by atoms with Crippen molar-refractivity contribution in [3.05, 3.63) is 79.4 Å². The molecule has 4 aromatic rings. The average Bonchev–Trinajstić information content (AvgIpc) is 3.30. The third-order valence-electron chi connectivity index (χ3n) is 2.96. The summed E-state index contributed by atoms with van der Waals surface area (Å²) in [5, 5.41) is 13.1. The van der Waals surface area contributed by atoms with E-state index in [0.717, 1.165) is 0 Å². The van der Waals surface area contributed by atoms with Gasteiger partial charge in [-0.2, -0.15) is 0 Å². The van der Waals surface area contributed by atoms with Gasteiger partial charge in [0.05, 0.1) is 0 Å². The number of benzene rings is 2. The quantitative estimate of drug-likeness (QED) is 0.616.